The highest BCUT2D eigenvalue weighted by atomic mass is 32.1. The third kappa shape index (κ3) is 2.73. The van der Waals surface area contributed by atoms with E-state index in [1.807, 2.05) is 6.07 Å². The fraction of sp³-hybridized carbons (Fsp3) is 0.333. The van der Waals surface area contributed by atoms with Gasteiger partial charge in [0.1, 0.15) is 0 Å². The summed E-state index contributed by atoms with van der Waals surface area (Å²) in [6, 6.07) is 8.92. The van der Waals surface area contributed by atoms with Gasteiger partial charge in [-0.15, -0.1) is 11.3 Å². The molecule has 1 aliphatic carbocycles. The van der Waals surface area contributed by atoms with Crippen LogP contribution in [0.5, 0.6) is 0 Å². The molecule has 1 atom stereocenters. The summed E-state index contributed by atoms with van der Waals surface area (Å²) >= 11 is 1.52. The number of fused-ring (bicyclic) bond motifs is 1. The first-order valence-corrected chi connectivity index (χ1v) is 7.58. The van der Waals surface area contributed by atoms with E-state index in [0.29, 0.717) is 10.7 Å². The summed E-state index contributed by atoms with van der Waals surface area (Å²) in [4.78, 5) is 17.7. The van der Waals surface area contributed by atoms with E-state index in [-0.39, 0.29) is 0 Å². The number of amides is 1. The molecule has 2 aromatic rings. The topological polar surface area (TPSA) is 62.2 Å². The smallest absolute Gasteiger partial charge is 0.259 e. The first kappa shape index (κ1) is 13.3. The minimum Gasteiger partial charge on any atom is -0.378 e. The summed E-state index contributed by atoms with van der Waals surface area (Å²) < 4.78 is 0. The average molecular weight is 288 g/mol. The number of anilines is 1. The lowest BCUT2D eigenvalue weighted by Crippen LogP contribution is -2.20. The monoisotopic (exact) mass is 288 g/mol. The predicted molar refractivity (Wildman–Crippen MR) is 78.8 cm³/mol. The van der Waals surface area contributed by atoms with Gasteiger partial charge in [-0.2, -0.15) is 0 Å². The van der Waals surface area contributed by atoms with Crippen molar-refractivity contribution in [3.63, 3.8) is 0 Å². The summed E-state index contributed by atoms with van der Waals surface area (Å²) in [5, 5.41) is 13.3. The first-order chi connectivity index (χ1) is 9.74. The summed E-state index contributed by atoms with van der Waals surface area (Å²) in [6.45, 7) is 0. The Morgan fingerprint density at radius 1 is 1.25 bits per heavy atom. The molecule has 1 aromatic carbocycles. The Bertz CT molecular complexity index is 586. The highest BCUT2D eigenvalue weighted by Crippen LogP contribution is 2.30. The molecule has 0 fully saturated rings. The number of carbonyl (C=O) groups is 1. The van der Waals surface area contributed by atoms with E-state index < -0.39 is 12.0 Å². The SMILES string of the molecule is O=C(Nc1nc2c(s1)CCCC2)C(O)c1ccccc1. The van der Waals surface area contributed by atoms with Gasteiger partial charge in [0, 0.05) is 4.88 Å². The van der Waals surface area contributed by atoms with Gasteiger partial charge in [0.15, 0.2) is 11.2 Å². The van der Waals surface area contributed by atoms with Crippen molar-refractivity contribution in [2.75, 3.05) is 5.32 Å². The van der Waals surface area contributed by atoms with E-state index in [4.69, 9.17) is 0 Å². The van der Waals surface area contributed by atoms with Crippen molar-refractivity contribution in [3.05, 3.63) is 46.5 Å². The number of aryl methyl sites for hydroxylation is 2. The highest BCUT2D eigenvalue weighted by molar-refractivity contribution is 7.15. The second-order valence-electron chi connectivity index (χ2n) is 4.90. The van der Waals surface area contributed by atoms with Gasteiger partial charge in [0.05, 0.1) is 5.69 Å². The molecular formula is C15H16N2O2S. The number of thiazole rings is 1. The summed E-state index contributed by atoms with van der Waals surface area (Å²) in [6.07, 6.45) is 3.23. The fourth-order valence-electron chi connectivity index (χ4n) is 2.37. The van der Waals surface area contributed by atoms with Gasteiger partial charge in [0.25, 0.3) is 5.91 Å². The average Bonchev–Trinajstić information content (AvgIpc) is 2.89. The molecule has 1 heterocycles. The summed E-state index contributed by atoms with van der Waals surface area (Å²) in [5.74, 6) is -0.428. The zero-order chi connectivity index (χ0) is 13.9. The van der Waals surface area contributed by atoms with Crippen molar-refractivity contribution >= 4 is 22.4 Å². The van der Waals surface area contributed by atoms with Gasteiger partial charge in [-0.05, 0) is 31.2 Å². The fourth-order valence-corrected chi connectivity index (χ4v) is 3.42. The van der Waals surface area contributed by atoms with Crippen LogP contribution >= 0.6 is 11.3 Å². The number of benzene rings is 1. The van der Waals surface area contributed by atoms with Crippen LogP contribution in [-0.2, 0) is 17.6 Å². The maximum absolute atomic E-state index is 12.0. The summed E-state index contributed by atoms with van der Waals surface area (Å²) in [7, 11) is 0. The van der Waals surface area contributed by atoms with Crippen molar-refractivity contribution in [2.24, 2.45) is 0 Å². The van der Waals surface area contributed by atoms with Crippen molar-refractivity contribution in [1.29, 1.82) is 0 Å². The van der Waals surface area contributed by atoms with Crippen LogP contribution in [-0.4, -0.2) is 16.0 Å². The number of rotatable bonds is 3. The van der Waals surface area contributed by atoms with Crippen LogP contribution in [0.2, 0.25) is 0 Å². The van der Waals surface area contributed by atoms with Crippen LogP contribution in [0.1, 0.15) is 35.1 Å². The maximum atomic E-state index is 12.0. The van der Waals surface area contributed by atoms with E-state index in [2.05, 4.69) is 10.3 Å². The number of hydrogen-bond donors (Lipinski definition) is 2. The van der Waals surface area contributed by atoms with Crippen LogP contribution in [0.15, 0.2) is 30.3 Å². The normalized spacial score (nSPS) is 15.4. The zero-order valence-corrected chi connectivity index (χ0v) is 11.8. The van der Waals surface area contributed by atoms with Gasteiger partial charge < -0.3 is 5.11 Å². The molecule has 2 N–H and O–H groups in total. The van der Waals surface area contributed by atoms with Crippen molar-refractivity contribution < 1.29 is 9.90 Å². The number of aliphatic hydroxyl groups excluding tert-OH is 1. The number of aliphatic hydroxyl groups is 1. The summed E-state index contributed by atoms with van der Waals surface area (Å²) in [5.41, 5.74) is 1.69. The van der Waals surface area contributed by atoms with Gasteiger partial charge in [0.2, 0.25) is 0 Å². The Labute approximate surface area is 121 Å². The highest BCUT2D eigenvalue weighted by Gasteiger charge is 2.20. The number of carbonyl (C=O) groups excluding carboxylic acids is 1. The molecule has 1 amide bonds. The Morgan fingerprint density at radius 3 is 2.75 bits per heavy atom. The number of nitrogens with one attached hydrogen (secondary N) is 1. The van der Waals surface area contributed by atoms with Crippen LogP contribution in [0.3, 0.4) is 0 Å². The van der Waals surface area contributed by atoms with Gasteiger partial charge in [-0.1, -0.05) is 30.3 Å². The van der Waals surface area contributed by atoms with E-state index >= 15 is 0 Å². The molecule has 1 aliphatic rings. The first-order valence-electron chi connectivity index (χ1n) is 6.76. The lowest BCUT2D eigenvalue weighted by atomic mass is 10.0. The Hall–Kier alpha value is -1.72. The van der Waals surface area contributed by atoms with Crippen molar-refractivity contribution in [3.8, 4) is 0 Å². The molecule has 4 nitrogen and oxygen atoms in total. The standard InChI is InChI=1S/C15H16N2O2S/c18-13(10-6-2-1-3-7-10)14(19)17-15-16-11-8-4-5-9-12(11)20-15/h1-3,6-7,13,18H,4-5,8-9H2,(H,16,17,19). The maximum Gasteiger partial charge on any atom is 0.259 e. The minimum atomic E-state index is -1.16. The lowest BCUT2D eigenvalue weighted by molar-refractivity contribution is -0.124. The second kappa shape index (κ2) is 5.73. The van der Waals surface area contributed by atoms with Crippen LogP contribution in [0.4, 0.5) is 5.13 Å². The largest absolute Gasteiger partial charge is 0.378 e. The number of hydrogen-bond acceptors (Lipinski definition) is 4. The van der Waals surface area contributed by atoms with Crippen molar-refractivity contribution in [1.82, 2.24) is 4.98 Å². The number of nitrogens with zero attached hydrogens (tertiary/aromatic N) is 1. The van der Waals surface area contributed by atoms with Gasteiger partial charge in [-0.25, -0.2) is 4.98 Å². The molecule has 104 valence electrons. The second-order valence-corrected chi connectivity index (χ2v) is 5.98. The van der Waals surface area contributed by atoms with E-state index in [1.165, 1.54) is 22.6 Å². The number of aromatic nitrogens is 1. The van der Waals surface area contributed by atoms with Crippen LogP contribution in [0, 0.1) is 0 Å². The third-order valence-electron chi connectivity index (χ3n) is 3.44. The van der Waals surface area contributed by atoms with Crippen LogP contribution < -0.4 is 5.32 Å². The minimum absolute atomic E-state index is 0.428. The Balaban J connectivity index is 1.71. The molecule has 0 saturated carbocycles. The molecule has 0 saturated heterocycles. The van der Waals surface area contributed by atoms with Gasteiger partial charge in [-0.3, -0.25) is 10.1 Å². The quantitative estimate of drug-likeness (QED) is 0.913. The molecule has 3 rings (SSSR count). The molecule has 0 bridgehead atoms. The van der Waals surface area contributed by atoms with Crippen LogP contribution in [0.25, 0.3) is 0 Å². The van der Waals surface area contributed by atoms with Crippen molar-refractivity contribution in [2.45, 2.75) is 31.8 Å². The lowest BCUT2D eigenvalue weighted by Gasteiger charge is -2.09. The Kier molecular flexibility index (Phi) is 3.80. The Morgan fingerprint density at radius 2 is 2.00 bits per heavy atom. The molecular weight excluding hydrogens is 272 g/mol. The van der Waals surface area contributed by atoms with Gasteiger partial charge >= 0.3 is 0 Å². The molecule has 0 radical (unpaired) electrons. The predicted octanol–water partition coefficient (Wildman–Crippen LogP) is 2.69. The van der Waals surface area contributed by atoms with E-state index in [9.17, 15) is 9.90 Å². The van der Waals surface area contributed by atoms with E-state index in [0.717, 1.165) is 25.0 Å². The zero-order valence-electron chi connectivity index (χ0n) is 11.0. The molecule has 0 aliphatic heterocycles. The molecule has 1 unspecified atom stereocenters. The molecule has 20 heavy (non-hydrogen) atoms. The molecule has 5 heteroatoms. The molecule has 0 spiro atoms. The molecule has 1 aromatic heterocycles. The van der Waals surface area contributed by atoms with E-state index in [1.54, 1.807) is 24.3 Å². The third-order valence-corrected chi connectivity index (χ3v) is 4.51.